The molecule has 0 spiro atoms. The maximum Gasteiger partial charge on any atom is 0.270 e. The standard InChI is InChI=1S/C22H23N5O/c1-13(14-5-8-18-20(12-14)26-27-25-18)23-21(28)19-9-6-15-11-16(22(2,3)4)7-10-17(15)24-19/h5-13H,1-4H3,(H,23,28)(H,25,26,27)/t13-/m1/s1. The number of rotatable bonds is 3. The topological polar surface area (TPSA) is 83.6 Å². The number of aromatic amines is 1. The van der Waals surface area contributed by atoms with Gasteiger partial charge in [-0.3, -0.25) is 9.89 Å². The average molecular weight is 373 g/mol. The van der Waals surface area contributed by atoms with Gasteiger partial charge in [0.25, 0.3) is 5.91 Å². The van der Waals surface area contributed by atoms with E-state index in [1.165, 1.54) is 5.56 Å². The van der Waals surface area contributed by atoms with Crippen molar-refractivity contribution in [3.8, 4) is 0 Å². The van der Waals surface area contributed by atoms with Gasteiger partial charge < -0.3 is 5.32 Å². The van der Waals surface area contributed by atoms with Crippen molar-refractivity contribution in [2.24, 2.45) is 0 Å². The molecule has 0 saturated carbocycles. The number of hydrogen-bond acceptors (Lipinski definition) is 4. The van der Waals surface area contributed by atoms with Gasteiger partial charge in [0.1, 0.15) is 11.2 Å². The first-order chi connectivity index (χ1) is 13.3. The van der Waals surface area contributed by atoms with Crippen molar-refractivity contribution in [3.05, 3.63) is 65.4 Å². The summed E-state index contributed by atoms with van der Waals surface area (Å²) < 4.78 is 0. The summed E-state index contributed by atoms with van der Waals surface area (Å²) in [6.45, 7) is 8.49. The van der Waals surface area contributed by atoms with E-state index in [2.05, 4.69) is 58.6 Å². The summed E-state index contributed by atoms with van der Waals surface area (Å²) in [7, 11) is 0. The molecular formula is C22H23N5O. The van der Waals surface area contributed by atoms with Gasteiger partial charge in [-0.2, -0.15) is 0 Å². The zero-order valence-electron chi connectivity index (χ0n) is 16.4. The molecule has 142 valence electrons. The van der Waals surface area contributed by atoms with Crippen molar-refractivity contribution in [2.45, 2.75) is 39.2 Å². The second kappa shape index (κ2) is 6.71. The highest BCUT2D eigenvalue weighted by atomic mass is 16.1. The van der Waals surface area contributed by atoms with E-state index in [4.69, 9.17) is 0 Å². The number of nitrogens with zero attached hydrogens (tertiary/aromatic N) is 3. The number of hydrogen-bond donors (Lipinski definition) is 2. The molecule has 2 heterocycles. The molecule has 0 aliphatic carbocycles. The third-order valence-corrected chi connectivity index (χ3v) is 4.98. The summed E-state index contributed by atoms with van der Waals surface area (Å²) in [6, 6.07) is 15.5. The molecule has 0 fully saturated rings. The number of carbonyl (C=O) groups is 1. The van der Waals surface area contributed by atoms with Crippen LogP contribution in [-0.4, -0.2) is 26.3 Å². The number of aromatic nitrogens is 4. The lowest BCUT2D eigenvalue weighted by molar-refractivity contribution is 0.0935. The molecule has 0 radical (unpaired) electrons. The fourth-order valence-electron chi connectivity index (χ4n) is 3.20. The number of nitrogens with one attached hydrogen (secondary N) is 2. The molecule has 0 unspecified atom stereocenters. The van der Waals surface area contributed by atoms with Crippen LogP contribution in [0, 0.1) is 0 Å². The van der Waals surface area contributed by atoms with Crippen LogP contribution in [0.25, 0.3) is 21.9 Å². The van der Waals surface area contributed by atoms with E-state index < -0.39 is 0 Å². The summed E-state index contributed by atoms with van der Waals surface area (Å²) in [4.78, 5) is 17.3. The Labute approximate surface area is 163 Å². The summed E-state index contributed by atoms with van der Waals surface area (Å²) in [5.41, 5.74) is 5.17. The summed E-state index contributed by atoms with van der Waals surface area (Å²) in [6.07, 6.45) is 0. The molecule has 0 bridgehead atoms. The van der Waals surface area contributed by atoms with Crippen LogP contribution in [-0.2, 0) is 5.41 Å². The lowest BCUT2D eigenvalue weighted by Gasteiger charge is -2.19. The fourth-order valence-corrected chi connectivity index (χ4v) is 3.20. The smallest absolute Gasteiger partial charge is 0.270 e. The van der Waals surface area contributed by atoms with E-state index in [1.54, 1.807) is 6.07 Å². The normalized spacial score (nSPS) is 13.0. The monoisotopic (exact) mass is 373 g/mol. The number of benzene rings is 2. The van der Waals surface area contributed by atoms with E-state index >= 15 is 0 Å². The maximum absolute atomic E-state index is 12.7. The minimum absolute atomic E-state index is 0.0744. The molecule has 0 saturated heterocycles. The minimum atomic E-state index is -0.197. The zero-order chi connectivity index (χ0) is 19.9. The average Bonchev–Trinajstić information content (AvgIpc) is 3.14. The SMILES string of the molecule is C[C@@H](NC(=O)c1ccc2cc(C(C)(C)C)ccc2n1)c1ccc2nn[nH]c2c1. The molecule has 0 aliphatic rings. The first-order valence-corrected chi connectivity index (χ1v) is 9.34. The number of fused-ring (bicyclic) bond motifs is 2. The molecule has 1 amide bonds. The fraction of sp³-hybridized carbons (Fsp3) is 0.273. The largest absolute Gasteiger partial charge is 0.344 e. The van der Waals surface area contributed by atoms with Crippen molar-refractivity contribution in [2.75, 3.05) is 0 Å². The summed E-state index contributed by atoms with van der Waals surface area (Å²) in [5, 5.41) is 14.7. The molecule has 6 heteroatoms. The second-order valence-electron chi connectivity index (χ2n) is 8.14. The molecule has 6 nitrogen and oxygen atoms in total. The lowest BCUT2D eigenvalue weighted by Crippen LogP contribution is -2.27. The van der Waals surface area contributed by atoms with Crippen LogP contribution < -0.4 is 5.32 Å². The number of amides is 1. The molecule has 0 aliphatic heterocycles. The van der Waals surface area contributed by atoms with Gasteiger partial charge >= 0.3 is 0 Å². The number of carbonyl (C=O) groups excluding carboxylic acids is 1. The van der Waals surface area contributed by atoms with E-state index in [0.717, 1.165) is 27.5 Å². The Morgan fingerprint density at radius 1 is 1.04 bits per heavy atom. The van der Waals surface area contributed by atoms with Gasteiger partial charge in [0.2, 0.25) is 0 Å². The van der Waals surface area contributed by atoms with E-state index in [1.807, 2.05) is 37.3 Å². The van der Waals surface area contributed by atoms with Crippen LogP contribution >= 0.6 is 0 Å². The van der Waals surface area contributed by atoms with Gasteiger partial charge in [-0.15, -0.1) is 5.10 Å². The van der Waals surface area contributed by atoms with Crippen molar-refractivity contribution in [1.29, 1.82) is 0 Å². The van der Waals surface area contributed by atoms with Crippen molar-refractivity contribution < 1.29 is 4.79 Å². The molecule has 2 aromatic carbocycles. The molecule has 4 rings (SSSR count). The van der Waals surface area contributed by atoms with E-state index in [9.17, 15) is 4.79 Å². The predicted molar refractivity (Wildman–Crippen MR) is 110 cm³/mol. The first kappa shape index (κ1) is 18.1. The quantitative estimate of drug-likeness (QED) is 0.561. The van der Waals surface area contributed by atoms with Crippen LogP contribution in [0.15, 0.2) is 48.5 Å². The zero-order valence-corrected chi connectivity index (χ0v) is 16.4. The van der Waals surface area contributed by atoms with Gasteiger partial charge in [0.15, 0.2) is 0 Å². The first-order valence-electron chi connectivity index (χ1n) is 9.34. The maximum atomic E-state index is 12.7. The van der Waals surface area contributed by atoms with Gasteiger partial charge in [0.05, 0.1) is 17.1 Å². The molecular weight excluding hydrogens is 350 g/mol. The van der Waals surface area contributed by atoms with Crippen LogP contribution in [0.4, 0.5) is 0 Å². The Hall–Kier alpha value is -3.28. The highest BCUT2D eigenvalue weighted by Gasteiger charge is 2.16. The van der Waals surface area contributed by atoms with Crippen molar-refractivity contribution in [1.82, 2.24) is 25.7 Å². The third kappa shape index (κ3) is 3.45. The Morgan fingerprint density at radius 3 is 2.61 bits per heavy atom. The van der Waals surface area contributed by atoms with E-state index in [0.29, 0.717) is 5.69 Å². The molecule has 2 N–H and O–H groups in total. The third-order valence-electron chi connectivity index (χ3n) is 4.98. The molecule has 1 atom stereocenters. The number of pyridine rings is 1. The predicted octanol–water partition coefficient (Wildman–Crippen LogP) is 4.29. The van der Waals surface area contributed by atoms with Gasteiger partial charge in [0, 0.05) is 5.39 Å². The van der Waals surface area contributed by atoms with Crippen LogP contribution in [0.1, 0.15) is 55.4 Å². The lowest BCUT2D eigenvalue weighted by atomic mass is 9.86. The summed E-state index contributed by atoms with van der Waals surface area (Å²) >= 11 is 0. The van der Waals surface area contributed by atoms with Crippen LogP contribution in [0.2, 0.25) is 0 Å². The van der Waals surface area contributed by atoms with Crippen LogP contribution in [0.5, 0.6) is 0 Å². The Bertz CT molecular complexity index is 1170. The van der Waals surface area contributed by atoms with Crippen molar-refractivity contribution >= 4 is 27.8 Å². The van der Waals surface area contributed by atoms with Crippen molar-refractivity contribution in [3.63, 3.8) is 0 Å². The van der Waals surface area contributed by atoms with E-state index in [-0.39, 0.29) is 17.4 Å². The molecule has 4 aromatic rings. The Kier molecular flexibility index (Phi) is 4.34. The minimum Gasteiger partial charge on any atom is -0.344 e. The Morgan fingerprint density at radius 2 is 1.82 bits per heavy atom. The number of H-pyrrole nitrogens is 1. The van der Waals surface area contributed by atoms with Gasteiger partial charge in [-0.25, -0.2) is 4.98 Å². The second-order valence-corrected chi connectivity index (χ2v) is 8.14. The van der Waals surface area contributed by atoms with Gasteiger partial charge in [-0.1, -0.05) is 44.2 Å². The van der Waals surface area contributed by atoms with Gasteiger partial charge in [-0.05, 0) is 53.8 Å². The van der Waals surface area contributed by atoms with Crippen LogP contribution in [0.3, 0.4) is 0 Å². The molecule has 28 heavy (non-hydrogen) atoms. The summed E-state index contributed by atoms with van der Waals surface area (Å²) in [5.74, 6) is -0.197. The highest BCUT2D eigenvalue weighted by molar-refractivity contribution is 5.95. The Balaban J connectivity index is 1.56. The highest BCUT2D eigenvalue weighted by Crippen LogP contribution is 2.25. The molecule has 2 aromatic heterocycles.